The van der Waals surface area contributed by atoms with Gasteiger partial charge < -0.3 is 19.5 Å². The number of ether oxygens (including phenoxy) is 1. The smallest absolute Gasteiger partial charge is 0.253 e. The quantitative estimate of drug-likeness (QED) is 0.723. The molecule has 1 N–H and O–H groups in total. The molecule has 3 heterocycles. The van der Waals surface area contributed by atoms with Gasteiger partial charge in [-0.1, -0.05) is 24.3 Å². The molecule has 0 spiro atoms. The zero-order chi connectivity index (χ0) is 20.7. The molecule has 1 aliphatic heterocycles. The van der Waals surface area contributed by atoms with Gasteiger partial charge in [-0.05, 0) is 37.0 Å². The van der Waals surface area contributed by atoms with Crippen LogP contribution in [0, 0.1) is 0 Å². The van der Waals surface area contributed by atoms with Crippen LogP contribution >= 0.6 is 0 Å². The van der Waals surface area contributed by atoms with Crippen LogP contribution in [0.25, 0.3) is 11.0 Å². The first-order valence-electron chi connectivity index (χ1n) is 10.4. The standard InChI is InChI=1S/C23H24N4O3/c1-2-26-13-20(27-7-8-30-14-21(27)28)22(29)19-11-18(12-24-23(19)26)25-17-9-15-5-3-4-6-16(15)10-17/h3-6,11-13,17,25H,2,7-10,14H2,1H3. The molecule has 1 amide bonds. The van der Waals surface area contributed by atoms with Gasteiger partial charge in [0, 0.05) is 25.3 Å². The van der Waals surface area contributed by atoms with Crippen LogP contribution < -0.4 is 15.6 Å². The minimum Gasteiger partial charge on any atom is -0.380 e. The predicted molar refractivity (Wildman–Crippen MR) is 116 cm³/mol. The minimum atomic E-state index is -0.189. The van der Waals surface area contributed by atoms with Crippen molar-refractivity contribution in [2.75, 3.05) is 30.0 Å². The van der Waals surface area contributed by atoms with Crippen LogP contribution in [0.4, 0.5) is 11.4 Å². The first-order valence-corrected chi connectivity index (χ1v) is 10.4. The van der Waals surface area contributed by atoms with Crippen LogP contribution in [0.2, 0.25) is 0 Å². The van der Waals surface area contributed by atoms with Crippen molar-refractivity contribution in [2.24, 2.45) is 0 Å². The molecule has 1 aromatic carbocycles. The first kappa shape index (κ1) is 18.8. The maximum Gasteiger partial charge on any atom is 0.253 e. The third kappa shape index (κ3) is 3.25. The third-order valence-electron chi connectivity index (χ3n) is 5.93. The van der Waals surface area contributed by atoms with Crippen LogP contribution in [0.3, 0.4) is 0 Å². The summed E-state index contributed by atoms with van der Waals surface area (Å²) in [6, 6.07) is 10.6. The number of nitrogens with zero attached hydrogens (tertiary/aromatic N) is 3. The van der Waals surface area contributed by atoms with Gasteiger partial charge in [0.1, 0.15) is 17.9 Å². The highest BCUT2D eigenvalue weighted by molar-refractivity contribution is 5.96. The van der Waals surface area contributed by atoms with Gasteiger partial charge in [0.25, 0.3) is 5.91 Å². The molecule has 0 atom stereocenters. The fourth-order valence-corrected chi connectivity index (χ4v) is 4.44. The van der Waals surface area contributed by atoms with Gasteiger partial charge in [0.15, 0.2) is 0 Å². The second-order valence-corrected chi connectivity index (χ2v) is 7.84. The van der Waals surface area contributed by atoms with Crippen molar-refractivity contribution in [1.82, 2.24) is 9.55 Å². The number of hydrogen-bond donors (Lipinski definition) is 1. The number of rotatable bonds is 4. The van der Waals surface area contributed by atoms with Crippen molar-refractivity contribution in [1.29, 1.82) is 0 Å². The minimum absolute atomic E-state index is 0.00564. The summed E-state index contributed by atoms with van der Waals surface area (Å²) in [6.45, 7) is 3.47. The number of morpholine rings is 1. The zero-order valence-corrected chi connectivity index (χ0v) is 16.9. The van der Waals surface area contributed by atoms with Crippen LogP contribution in [-0.2, 0) is 28.9 Å². The molecule has 5 rings (SSSR count). The van der Waals surface area contributed by atoms with Gasteiger partial charge in [-0.2, -0.15) is 0 Å². The summed E-state index contributed by atoms with van der Waals surface area (Å²) < 4.78 is 7.14. The van der Waals surface area contributed by atoms with Gasteiger partial charge in [-0.3, -0.25) is 9.59 Å². The van der Waals surface area contributed by atoms with Crippen LogP contribution in [0.1, 0.15) is 18.1 Å². The van der Waals surface area contributed by atoms with Crippen LogP contribution in [-0.4, -0.2) is 41.3 Å². The van der Waals surface area contributed by atoms with Gasteiger partial charge in [-0.25, -0.2) is 4.98 Å². The molecule has 30 heavy (non-hydrogen) atoms. The fraction of sp³-hybridized carbons (Fsp3) is 0.348. The molecule has 0 saturated carbocycles. The number of hydrogen-bond acceptors (Lipinski definition) is 5. The molecule has 7 heteroatoms. The first-order chi connectivity index (χ1) is 14.6. The molecule has 0 bridgehead atoms. The van der Waals surface area contributed by atoms with Gasteiger partial charge >= 0.3 is 0 Å². The number of carbonyl (C=O) groups excluding carboxylic acids is 1. The van der Waals surface area contributed by atoms with Crippen molar-refractivity contribution in [3.05, 3.63) is 64.1 Å². The average molecular weight is 404 g/mol. The van der Waals surface area contributed by atoms with Gasteiger partial charge in [0.2, 0.25) is 5.43 Å². The van der Waals surface area contributed by atoms with E-state index in [1.165, 1.54) is 16.0 Å². The maximum atomic E-state index is 13.3. The monoisotopic (exact) mass is 404 g/mol. The summed E-state index contributed by atoms with van der Waals surface area (Å²) in [5, 5.41) is 4.06. The molecule has 154 valence electrons. The second-order valence-electron chi connectivity index (χ2n) is 7.84. The number of anilines is 2. The molecule has 3 aromatic rings. The highest BCUT2D eigenvalue weighted by Crippen LogP contribution is 2.26. The molecule has 1 fully saturated rings. The molecule has 2 aromatic heterocycles. The van der Waals surface area contributed by atoms with Crippen LogP contribution in [0.15, 0.2) is 47.5 Å². The van der Waals surface area contributed by atoms with Crippen molar-refractivity contribution < 1.29 is 9.53 Å². The summed E-state index contributed by atoms with van der Waals surface area (Å²) in [5.74, 6) is -0.189. The van der Waals surface area contributed by atoms with E-state index in [2.05, 4.69) is 34.6 Å². The average Bonchev–Trinajstić information content (AvgIpc) is 3.17. The lowest BCUT2D eigenvalue weighted by Crippen LogP contribution is -2.44. The van der Waals surface area contributed by atoms with Gasteiger partial charge in [0.05, 0.1) is 23.9 Å². The van der Waals surface area contributed by atoms with E-state index in [1.54, 1.807) is 12.4 Å². The number of nitrogens with one attached hydrogen (secondary N) is 1. The Balaban J connectivity index is 1.51. The Kier molecular flexibility index (Phi) is 4.75. The van der Waals surface area contributed by atoms with E-state index in [4.69, 9.17) is 4.74 Å². The zero-order valence-electron chi connectivity index (χ0n) is 16.9. The Hall–Kier alpha value is -3.19. The summed E-state index contributed by atoms with van der Waals surface area (Å²) in [6.07, 6.45) is 5.43. The summed E-state index contributed by atoms with van der Waals surface area (Å²) in [4.78, 5) is 31.7. The maximum absolute atomic E-state index is 13.3. The third-order valence-corrected chi connectivity index (χ3v) is 5.93. The summed E-state index contributed by atoms with van der Waals surface area (Å²) in [5.41, 5.74) is 4.41. The van der Waals surface area contributed by atoms with Crippen LogP contribution in [0.5, 0.6) is 0 Å². The Labute approximate surface area is 174 Å². The van der Waals surface area contributed by atoms with E-state index in [0.717, 1.165) is 18.5 Å². The van der Waals surface area contributed by atoms with E-state index >= 15 is 0 Å². The largest absolute Gasteiger partial charge is 0.380 e. The molecule has 2 aliphatic rings. The van der Waals surface area contributed by atoms with Crippen molar-refractivity contribution in [2.45, 2.75) is 32.4 Å². The van der Waals surface area contributed by atoms with Gasteiger partial charge in [-0.15, -0.1) is 0 Å². The van der Waals surface area contributed by atoms with E-state index in [0.29, 0.717) is 36.4 Å². The lowest BCUT2D eigenvalue weighted by Gasteiger charge is -2.27. The fourth-order valence-electron chi connectivity index (χ4n) is 4.44. The molecule has 0 radical (unpaired) electrons. The SMILES string of the molecule is CCn1cc(N2CCOCC2=O)c(=O)c2cc(NC3Cc4ccccc4C3)cnc21. The molecular formula is C23H24N4O3. The number of pyridine rings is 2. The van der Waals surface area contributed by atoms with E-state index in [9.17, 15) is 9.59 Å². The predicted octanol–water partition coefficient (Wildman–Crippen LogP) is 2.36. The van der Waals surface area contributed by atoms with E-state index in [-0.39, 0.29) is 24.0 Å². The molecule has 7 nitrogen and oxygen atoms in total. The summed E-state index contributed by atoms with van der Waals surface area (Å²) >= 11 is 0. The van der Waals surface area contributed by atoms with Crippen molar-refractivity contribution in [3.63, 3.8) is 0 Å². The Morgan fingerprint density at radius 1 is 1.20 bits per heavy atom. The lowest BCUT2D eigenvalue weighted by atomic mass is 10.1. The Morgan fingerprint density at radius 3 is 2.67 bits per heavy atom. The number of aromatic nitrogens is 2. The highest BCUT2D eigenvalue weighted by atomic mass is 16.5. The lowest BCUT2D eigenvalue weighted by molar-refractivity contribution is -0.125. The molecule has 1 aliphatic carbocycles. The topological polar surface area (TPSA) is 76.5 Å². The van der Waals surface area contributed by atoms with E-state index < -0.39 is 0 Å². The molecule has 1 saturated heterocycles. The summed E-state index contributed by atoms with van der Waals surface area (Å²) in [7, 11) is 0. The van der Waals surface area contributed by atoms with Crippen molar-refractivity contribution in [3.8, 4) is 0 Å². The van der Waals surface area contributed by atoms with Crippen molar-refractivity contribution >= 4 is 28.3 Å². The van der Waals surface area contributed by atoms with E-state index in [1.807, 2.05) is 17.6 Å². The number of carbonyl (C=O) groups is 1. The number of amides is 1. The number of benzene rings is 1. The highest BCUT2D eigenvalue weighted by Gasteiger charge is 2.25. The molecule has 0 unspecified atom stereocenters. The normalized spacial score (nSPS) is 16.8. The molecular weight excluding hydrogens is 380 g/mol. The Morgan fingerprint density at radius 2 is 1.97 bits per heavy atom. The second kappa shape index (κ2) is 7.57. The Bertz CT molecular complexity index is 1160. The number of aryl methyl sites for hydroxylation is 1. The number of fused-ring (bicyclic) bond motifs is 2.